The summed E-state index contributed by atoms with van der Waals surface area (Å²) in [5.41, 5.74) is 2.59. The van der Waals surface area contributed by atoms with E-state index in [4.69, 9.17) is 9.47 Å². The Balaban J connectivity index is 2.53. The molecule has 3 heteroatoms. The summed E-state index contributed by atoms with van der Waals surface area (Å²) in [7, 11) is 3.40. The molecule has 0 aliphatic heterocycles. The Morgan fingerprint density at radius 1 is 1.22 bits per heavy atom. The molecule has 0 saturated carbocycles. The Morgan fingerprint density at radius 2 is 1.94 bits per heavy atom. The molecule has 0 radical (unpaired) electrons. The van der Waals surface area contributed by atoms with E-state index in [1.165, 1.54) is 11.1 Å². The molecule has 0 saturated heterocycles. The van der Waals surface area contributed by atoms with Crippen molar-refractivity contribution in [1.82, 2.24) is 5.32 Å². The third-order valence-electron chi connectivity index (χ3n) is 2.78. The first-order valence-electron chi connectivity index (χ1n) is 6.33. The molecule has 0 heterocycles. The number of benzene rings is 1. The van der Waals surface area contributed by atoms with Crippen LogP contribution in [-0.2, 0) is 4.74 Å². The van der Waals surface area contributed by atoms with Crippen LogP contribution >= 0.6 is 0 Å². The molecule has 1 aromatic carbocycles. The average molecular weight is 249 g/mol. The van der Waals surface area contributed by atoms with E-state index in [-0.39, 0.29) is 0 Å². The highest BCUT2D eigenvalue weighted by Crippen LogP contribution is 2.14. The van der Waals surface area contributed by atoms with E-state index in [2.05, 4.69) is 30.4 Å². The summed E-state index contributed by atoms with van der Waals surface area (Å²) >= 11 is 0. The van der Waals surface area contributed by atoms with Crippen molar-refractivity contribution >= 4 is 6.08 Å². The summed E-state index contributed by atoms with van der Waals surface area (Å²) < 4.78 is 10.2. The maximum absolute atomic E-state index is 5.15. The number of hydrogen-bond acceptors (Lipinski definition) is 3. The van der Waals surface area contributed by atoms with Crippen LogP contribution in [0.25, 0.3) is 6.08 Å². The molecule has 18 heavy (non-hydrogen) atoms. The predicted molar refractivity (Wildman–Crippen MR) is 76.0 cm³/mol. The summed E-state index contributed by atoms with van der Waals surface area (Å²) in [6.07, 6.45) is 3.27. The van der Waals surface area contributed by atoms with E-state index in [9.17, 15) is 0 Å². The van der Waals surface area contributed by atoms with Gasteiger partial charge in [0.05, 0.1) is 13.7 Å². The van der Waals surface area contributed by atoms with E-state index >= 15 is 0 Å². The maximum Gasteiger partial charge on any atom is 0.118 e. The molecule has 0 spiro atoms. The third kappa shape index (κ3) is 5.34. The normalized spacial score (nSPS) is 11.6. The monoisotopic (exact) mass is 249 g/mol. The summed E-state index contributed by atoms with van der Waals surface area (Å²) in [5, 5.41) is 3.36. The van der Waals surface area contributed by atoms with Crippen LogP contribution in [0.4, 0.5) is 0 Å². The van der Waals surface area contributed by atoms with Crippen LogP contribution in [0.2, 0.25) is 0 Å². The Hall–Kier alpha value is -1.32. The van der Waals surface area contributed by atoms with Crippen LogP contribution < -0.4 is 10.1 Å². The van der Waals surface area contributed by atoms with Crippen molar-refractivity contribution < 1.29 is 9.47 Å². The first-order valence-corrected chi connectivity index (χ1v) is 6.33. The highest BCUT2D eigenvalue weighted by atomic mass is 16.5. The van der Waals surface area contributed by atoms with E-state index in [1.807, 2.05) is 12.1 Å². The fraction of sp³-hybridized carbons (Fsp3) is 0.467. The average Bonchev–Trinajstić information content (AvgIpc) is 2.43. The summed E-state index contributed by atoms with van der Waals surface area (Å²) in [5.74, 6) is 0.892. The molecule has 1 aromatic rings. The van der Waals surface area contributed by atoms with E-state index in [1.54, 1.807) is 14.2 Å². The van der Waals surface area contributed by atoms with Crippen molar-refractivity contribution in [1.29, 1.82) is 0 Å². The van der Waals surface area contributed by atoms with E-state index < -0.39 is 0 Å². The van der Waals surface area contributed by atoms with Gasteiger partial charge < -0.3 is 14.8 Å². The predicted octanol–water partition coefficient (Wildman–Crippen LogP) is 2.72. The second-order valence-corrected chi connectivity index (χ2v) is 4.10. The fourth-order valence-electron chi connectivity index (χ4n) is 1.64. The van der Waals surface area contributed by atoms with Gasteiger partial charge in [0.15, 0.2) is 0 Å². The van der Waals surface area contributed by atoms with Crippen LogP contribution in [0, 0.1) is 0 Å². The Morgan fingerprint density at radius 3 is 2.50 bits per heavy atom. The van der Waals surface area contributed by atoms with Gasteiger partial charge in [-0.1, -0.05) is 30.7 Å². The van der Waals surface area contributed by atoms with Gasteiger partial charge in [-0.3, -0.25) is 0 Å². The van der Waals surface area contributed by atoms with Crippen LogP contribution in [0.5, 0.6) is 5.75 Å². The lowest BCUT2D eigenvalue weighted by molar-refractivity contribution is 0.200. The topological polar surface area (TPSA) is 30.5 Å². The van der Waals surface area contributed by atoms with Gasteiger partial charge in [-0.25, -0.2) is 0 Å². The minimum Gasteiger partial charge on any atom is -0.497 e. The maximum atomic E-state index is 5.15. The quantitative estimate of drug-likeness (QED) is 0.719. The highest BCUT2D eigenvalue weighted by Gasteiger charge is 1.96. The van der Waals surface area contributed by atoms with Gasteiger partial charge in [0.1, 0.15) is 5.75 Å². The molecule has 0 aliphatic carbocycles. The molecule has 1 rings (SSSR count). The van der Waals surface area contributed by atoms with Crippen molar-refractivity contribution in [2.24, 2.45) is 0 Å². The first-order chi connectivity index (χ1) is 8.80. The lowest BCUT2D eigenvalue weighted by Crippen LogP contribution is -2.21. The molecule has 100 valence electrons. The van der Waals surface area contributed by atoms with Crippen molar-refractivity contribution in [2.45, 2.75) is 13.3 Å². The molecule has 0 fully saturated rings. The zero-order valence-corrected chi connectivity index (χ0v) is 11.5. The zero-order chi connectivity index (χ0) is 13.2. The molecule has 3 nitrogen and oxygen atoms in total. The van der Waals surface area contributed by atoms with Gasteiger partial charge in [-0.15, -0.1) is 0 Å². The smallest absolute Gasteiger partial charge is 0.118 e. The summed E-state index contributed by atoms with van der Waals surface area (Å²) in [6, 6.07) is 8.11. The number of rotatable bonds is 8. The van der Waals surface area contributed by atoms with Crippen molar-refractivity contribution in [3.05, 3.63) is 35.4 Å². The van der Waals surface area contributed by atoms with Gasteiger partial charge in [0.2, 0.25) is 0 Å². The molecule has 0 aromatic heterocycles. The van der Waals surface area contributed by atoms with Crippen LogP contribution in [0.1, 0.15) is 18.9 Å². The molecule has 0 bridgehead atoms. The van der Waals surface area contributed by atoms with Crippen molar-refractivity contribution in [3.8, 4) is 5.75 Å². The van der Waals surface area contributed by atoms with Gasteiger partial charge in [-0.2, -0.15) is 0 Å². The van der Waals surface area contributed by atoms with E-state index in [0.717, 1.165) is 31.9 Å². The Kier molecular flexibility index (Phi) is 7.14. The zero-order valence-electron chi connectivity index (χ0n) is 11.5. The van der Waals surface area contributed by atoms with Crippen LogP contribution in [0.15, 0.2) is 29.8 Å². The number of hydrogen-bond donors (Lipinski definition) is 1. The minimum absolute atomic E-state index is 0.750. The third-order valence-corrected chi connectivity index (χ3v) is 2.78. The number of methoxy groups -OCH3 is 2. The molecule has 0 amide bonds. The largest absolute Gasteiger partial charge is 0.497 e. The summed E-state index contributed by atoms with van der Waals surface area (Å²) in [6.45, 7) is 4.72. The van der Waals surface area contributed by atoms with Crippen molar-refractivity contribution in [2.75, 3.05) is 33.9 Å². The van der Waals surface area contributed by atoms with Gasteiger partial charge in [-0.05, 0) is 24.1 Å². The second-order valence-electron chi connectivity index (χ2n) is 4.10. The van der Waals surface area contributed by atoms with Crippen LogP contribution in [0.3, 0.4) is 0 Å². The second kappa shape index (κ2) is 8.72. The lowest BCUT2D eigenvalue weighted by Gasteiger charge is -2.07. The molecule has 0 atom stereocenters. The van der Waals surface area contributed by atoms with Gasteiger partial charge in [0.25, 0.3) is 0 Å². The summed E-state index contributed by atoms with van der Waals surface area (Å²) in [4.78, 5) is 0. The van der Waals surface area contributed by atoms with Crippen molar-refractivity contribution in [3.63, 3.8) is 0 Å². The van der Waals surface area contributed by atoms with Gasteiger partial charge in [0, 0.05) is 20.2 Å². The standard InChI is InChI=1S/C15H23NO2/c1-4-13(12-16-9-10-17-2)11-14-5-7-15(18-3)8-6-14/h5-8,11,16H,4,9-10,12H2,1-3H3. The molecule has 0 unspecified atom stereocenters. The Labute approximate surface area is 110 Å². The Bertz CT molecular complexity index is 357. The minimum atomic E-state index is 0.750. The molecular weight excluding hydrogens is 226 g/mol. The first kappa shape index (κ1) is 14.7. The molecular formula is C15H23NO2. The van der Waals surface area contributed by atoms with Crippen LogP contribution in [-0.4, -0.2) is 33.9 Å². The SMILES string of the molecule is CCC(=Cc1ccc(OC)cc1)CNCCOC. The highest BCUT2D eigenvalue weighted by molar-refractivity contribution is 5.54. The molecule has 0 aliphatic rings. The fourth-order valence-corrected chi connectivity index (χ4v) is 1.64. The number of nitrogens with one attached hydrogen (secondary N) is 1. The van der Waals surface area contributed by atoms with E-state index in [0.29, 0.717) is 0 Å². The van der Waals surface area contributed by atoms with Gasteiger partial charge >= 0.3 is 0 Å². The number of ether oxygens (including phenoxy) is 2. The molecule has 1 N–H and O–H groups in total. The lowest BCUT2D eigenvalue weighted by atomic mass is 10.1.